The van der Waals surface area contributed by atoms with Crippen molar-refractivity contribution in [3.8, 4) is 16.9 Å². The van der Waals surface area contributed by atoms with E-state index in [2.05, 4.69) is 25.0 Å². The molecule has 3 aromatic rings. The summed E-state index contributed by atoms with van der Waals surface area (Å²) in [7, 11) is 0. The summed E-state index contributed by atoms with van der Waals surface area (Å²) >= 11 is 0. The predicted molar refractivity (Wildman–Crippen MR) is 90.1 cm³/mol. The Kier molecular flexibility index (Phi) is 4.87. The summed E-state index contributed by atoms with van der Waals surface area (Å²) in [5.41, 5.74) is 8.62. The van der Waals surface area contributed by atoms with E-state index in [9.17, 15) is 13.2 Å². The van der Waals surface area contributed by atoms with E-state index in [1.807, 2.05) is 6.07 Å². The number of nitrogen functional groups attached to an aromatic ring is 1. The molecule has 0 radical (unpaired) electrons. The molecule has 2 heterocycles. The van der Waals surface area contributed by atoms with Crippen LogP contribution in [-0.2, 0) is 6.54 Å². The van der Waals surface area contributed by atoms with Crippen LogP contribution in [0.3, 0.4) is 0 Å². The molecule has 0 saturated heterocycles. The molecule has 9 heteroatoms. The molecule has 0 spiro atoms. The Morgan fingerprint density at radius 2 is 1.65 bits per heavy atom. The van der Waals surface area contributed by atoms with Crippen molar-refractivity contribution in [2.24, 2.45) is 0 Å². The molecule has 3 N–H and O–H groups in total. The van der Waals surface area contributed by atoms with Crippen molar-refractivity contribution in [1.29, 1.82) is 0 Å². The van der Waals surface area contributed by atoms with E-state index in [0.29, 0.717) is 12.2 Å². The van der Waals surface area contributed by atoms with Crippen LogP contribution in [0.15, 0.2) is 55.1 Å². The van der Waals surface area contributed by atoms with Gasteiger partial charge in [-0.1, -0.05) is 0 Å². The van der Waals surface area contributed by atoms with Gasteiger partial charge in [-0.15, -0.1) is 13.2 Å². The maximum atomic E-state index is 12.2. The van der Waals surface area contributed by atoms with Crippen molar-refractivity contribution in [1.82, 2.24) is 15.0 Å². The van der Waals surface area contributed by atoms with Crippen molar-refractivity contribution >= 4 is 11.6 Å². The van der Waals surface area contributed by atoms with Gasteiger partial charge in [0, 0.05) is 48.1 Å². The lowest BCUT2D eigenvalue weighted by molar-refractivity contribution is -0.274. The summed E-state index contributed by atoms with van der Waals surface area (Å²) in [5.74, 6) is -0.0763. The number of halogens is 3. The van der Waals surface area contributed by atoms with E-state index in [4.69, 9.17) is 5.73 Å². The molecule has 134 valence electrons. The molecule has 0 saturated carbocycles. The summed E-state index contributed by atoms with van der Waals surface area (Å²) in [5, 5.41) is 3.11. The molecule has 0 amide bonds. The van der Waals surface area contributed by atoms with E-state index >= 15 is 0 Å². The number of nitrogens with one attached hydrogen (secondary N) is 1. The van der Waals surface area contributed by atoms with Gasteiger partial charge in [-0.05, 0) is 35.9 Å². The molecule has 0 atom stereocenters. The number of anilines is 2. The number of nitrogens with two attached hydrogens (primary N) is 1. The van der Waals surface area contributed by atoms with Crippen LogP contribution in [0.25, 0.3) is 11.1 Å². The molecule has 0 unspecified atom stereocenters. The SMILES string of the molecule is Nc1ncc(-c2cncc(CNc3ccc(OC(F)(F)F)cc3)c2)cn1. The highest BCUT2D eigenvalue weighted by Gasteiger charge is 2.30. The summed E-state index contributed by atoms with van der Waals surface area (Å²) in [6, 6.07) is 7.42. The van der Waals surface area contributed by atoms with Gasteiger partial charge in [0.15, 0.2) is 0 Å². The second-order valence-corrected chi connectivity index (χ2v) is 5.34. The van der Waals surface area contributed by atoms with Crippen molar-refractivity contribution in [3.63, 3.8) is 0 Å². The van der Waals surface area contributed by atoms with Crippen molar-refractivity contribution < 1.29 is 17.9 Å². The zero-order valence-electron chi connectivity index (χ0n) is 13.4. The number of nitrogens with zero attached hydrogens (tertiary/aromatic N) is 3. The number of alkyl halides is 3. The smallest absolute Gasteiger partial charge is 0.406 e. The molecule has 2 aromatic heterocycles. The standard InChI is InChI=1S/C17H14F3N5O/c18-17(19,20)26-15-3-1-14(2-4-15)23-7-11-5-12(8-22-6-11)13-9-24-16(21)25-10-13/h1-6,8-10,23H,7H2,(H2,21,24,25). The Morgan fingerprint density at radius 1 is 0.962 bits per heavy atom. The second kappa shape index (κ2) is 7.26. The number of hydrogen-bond acceptors (Lipinski definition) is 6. The van der Waals surface area contributed by atoms with Crippen LogP contribution in [0, 0.1) is 0 Å². The van der Waals surface area contributed by atoms with Gasteiger partial charge in [0.05, 0.1) is 0 Å². The number of rotatable bonds is 5. The van der Waals surface area contributed by atoms with Gasteiger partial charge in [0.25, 0.3) is 0 Å². The van der Waals surface area contributed by atoms with E-state index in [1.165, 1.54) is 24.3 Å². The fraction of sp³-hybridized carbons (Fsp3) is 0.118. The average Bonchev–Trinajstić information content (AvgIpc) is 2.61. The van der Waals surface area contributed by atoms with Crippen LogP contribution >= 0.6 is 0 Å². The number of benzene rings is 1. The second-order valence-electron chi connectivity index (χ2n) is 5.34. The summed E-state index contributed by atoms with van der Waals surface area (Å²) in [6.07, 6.45) is 1.89. The van der Waals surface area contributed by atoms with Crippen LogP contribution in [0.2, 0.25) is 0 Å². The third kappa shape index (κ3) is 4.82. The highest BCUT2D eigenvalue weighted by atomic mass is 19.4. The topological polar surface area (TPSA) is 86.0 Å². The Labute approximate surface area is 146 Å². The Morgan fingerprint density at radius 3 is 2.31 bits per heavy atom. The molecule has 0 aliphatic carbocycles. The Hall–Kier alpha value is -3.36. The zero-order valence-corrected chi connectivity index (χ0v) is 13.4. The van der Waals surface area contributed by atoms with E-state index in [0.717, 1.165) is 16.7 Å². The minimum Gasteiger partial charge on any atom is -0.406 e. The number of hydrogen-bond donors (Lipinski definition) is 2. The minimum absolute atomic E-state index is 0.192. The minimum atomic E-state index is -4.70. The number of ether oxygens (including phenoxy) is 1. The van der Waals surface area contributed by atoms with Crippen LogP contribution in [0.4, 0.5) is 24.8 Å². The van der Waals surface area contributed by atoms with Crippen LogP contribution in [-0.4, -0.2) is 21.3 Å². The van der Waals surface area contributed by atoms with Crippen LogP contribution < -0.4 is 15.8 Å². The summed E-state index contributed by atoms with van der Waals surface area (Å²) in [6.45, 7) is 0.441. The molecular weight excluding hydrogens is 347 g/mol. The van der Waals surface area contributed by atoms with Gasteiger partial charge >= 0.3 is 6.36 Å². The third-order valence-electron chi connectivity index (χ3n) is 3.38. The molecule has 26 heavy (non-hydrogen) atoms. The lowest BCUT2D eigenvalue weighted by atomic mass is 10.1. The fourth-order valence-electron chi connectivity index (χ4n) is 2.21. The first-order valence-electron chi connectivity index (χ1n) is 7.50. The Bertz CT molecular complexity index is 867. The summed E-state index contributed by atoms with van der Waals surface area (Å²) in [4.78, 5) is 12.1. The summed E-state index contributed by atoms with van der Waals surface area (Å²) < 4.78 is 40.3. The molecular formula is C17H14F3N5O. The van der Waals surface area contributed by atoms with Gasteiger partial charge in [0.2, 0.25) is 5.95 Å². The first-order valence-corrected chi connectivity index (χ1v) is 7.50. The van der Waals surface area contributed by atoms with Gasteiger partial charge in [-0.2, -0.15) is 0 Å². The van der Waals surface area contributed by atoms with Crippen molar-refractivity contribution in [2.45, 2.75) is 12.9 Å². The van der Waals surface area contributed by atoms with E-state index in [-0.39, 0.29) is 11.7 Å². The maximum Gasteiger partial charge on any atom is 0.573 e. The van der Waals surface area contributed by atoms with E-state index < -0.39 is 6.36 Å². The third-order valence-corrected chi connectivity index (χ3v) is 3.38. The maximum absolute atomic E-state index is 12.2. The zero-order chi connectivity index (χ0) is 18.6. The highest BCUT2D eigenvalue weighted by molar-refractivity contribution is 5.61. The van der Waals surface area contributed by atoms with Gasteiger partial charge < -0.3 is 15.8 Å². The normalized spacial score (nSPS) is 11.2. The quantitative estimate of drug-likeness (QED) is 0.722. The lowest BCUT2D eigenvalue weighted by Crippen LogP contribution is -2.17. The molecule has 0 bridgehead atoms. The first-order chi connectivity index (χ1) is 12.4. The van der Waals surface area contributed by atoms with Gasteiger partial charge in [-0.25, -0.2) is 9.97 Å². The van der Waals surface area contributed by atoms with E-state index in [1.54, 1.807) is 24.8 Å². The van der Waals surface area contributed by atoms with Crippen molar-refractivity contribution in [2.75, 3.05) is 11.1 Å². The number of pyridine rings is 1. The molecule has 6 nitrogen and oxygen atoms in total. The predicted octanol–water partition coefficient (Wildman–Crippen LogP) is 3.63. The van der Waals surface area contributed by atoms with Gasteiger partial charge in [-0.3, -0.25) is 4.98 Å². The highest BCUT2D eigenvalue weighted by Crippen LogP contribution is 2.24. The molecule has 0 aliphatic heterocycles. The largest absolute Gasteiger partial charge is 0.573 e. The van der Waals surface area contributed by atoms with Crippen LogP contribution in [0.1, 0.15) is 5.56 Å². The van der Waals surface area contributed by atoms with Crippen molar-refractivity contribution in [3.05, 3.63) is 60.7 Å². The molecule has 3 rings (SSSR count). The first kappa shape index (κ1) is 17.5. The fourth-order valence-corrected chi connectivity index (χ4v) is 2.21. The monoisotopic (exact) mass is 361 g/mol. The average molecular weight is 361 g/mol. The number of aromatic nitrogens is 3. The molecule has 0 fully saturated rings. The Balaban J connectivity index is 1.64. The van der Waals surface area contributed by atoms with Crippen LogP contribution in [0.5, 0.6) is 5.75 Å². The molecule has 1 aromatic carbocycles. The lowest BCUT2D eigenvalue weighted by Gasteiger charge is -2.11. The van der Waals surface area contributed by atoms with Gasteiger partial charge in [0.1, 0.15) is 5.75 Å². The molecule has 0 aliphatic rings.